The summed E-state index contributed by atoms with van der Waals surface area (Å²) in [7, 11) is 1.56. The van der Waals surface area contributed by atoms with Gasteiger partial charge in [-0.05, 0) is 13.1 Å². The Morgan fingerprint density at radius 3 is 3.05 bits per heavy atom. The maximum absolute atomic E-state index is 11.8. The fraction of sp³-hybridized carbons (Fsp3) is 0.364. The Labute approximate surface area is 125 Å². The van der Waals surface area contributed by atoms with Crippen LogP contribution in [0.3, 0.4) is 0 Å². The van der Waals surface area contributed by atoms with Crippen LogP contribution < -0.4 is 15.6 Å². The zero-order valence-corrected chi connectivity index (χ0v) is 13.4. The van der Waals surface area contributed by atoms with Crippen molar-refractivity contribution in [1.82, 2.24) is 15.7 Å². The van der Waals surface area contributed by atoms with E-state index in [0.29, 0.717) is 24.3 Å². The molecule has 19 heavy (non-hydrogen) atoms. The number of hydrogen-bond acceptors (Lipinski definition) is 5. The molecular weight excluding hydrogens is 418 g/mol. The molecule has 1 aliphatic rings. The van der Waals surface area contributed by atoms with Gasteiger partial charge in [-0.15, -0.1) is 0 Å². The maximum atomic E-state index is 11.8. The van der Waals surface area contributed by atoms with Gasteiger partial charge in [-0.3, -0.25) is 9.78 Å². The van der Waals surface area contributed by atoms with Gasteiger partial charge in [0.15, 0.2) is 0 Å². The van der Waals surface area contributed by atoms with Crippen LogP contribution >= 0.6 is 0 Å². The van der Waals surface area contributed by atoms with Crippen molar-refractivity contribution < 1.29 is 30.7 Å². The smallest absolute Gasteiger partial charge is 0.239 e. The van der Waals surface area contributed by atoms with Crippen LogP contribution in [0, 0.1) is 0 Å². The topological polar surface area (TPSA) is 88.4 Å². The molecule has 1 aliphatic heterocycles. The molecular formula is C11H14N5O2W-. The molecule has 0 saturated carbocycles. The van der Waals surface area contributed by atoms with Gasteiger partial charge >= 0.3 is 0 Å². The molecule has 2 heterocycles. The van der Waals surface area contributed by atoms with Gasteiger partial charge in [0, 0.05) is 57.8 Å². The van der Waals surface area contributed by atoms with Crippen molar-refractivity contribution in [2.75, 3.05) is 31.6 Å². The van der Waals surface area contributed by atoms with Gasteiger partial charge in [0.05, 0.1) is 12.5 Å². The van der Waals surface area contributed by atoms with E-state index >= 15 is 0 Å². The van der Waals surface area contributed by atoms with E-state index < -0.39 is 5.91 Å². The minimum absolute atomic E-state index is 0. The summed E-state index contributed by atoms with van der Waals surface area (Å²) < 4.78 is 0. The molecule has 1 saturated heterocycles. The third-order valence-electron chi connectivity index (χ3n) is 2.62. The number of piperazine rings is 1. The second kappa shape index (κ2) is 7.21. The average molecular weight is 432 g/mol. The molecule has 1 aromatic heterocycles. The molecule has 1 aromatic rings. The fourth-order valence-electron chi connectivity index (χ4n) is 1.83. The van der Waals surface area contributed by atoms with Crippen molar-refractivity contribution >= 4 is 17.5 Å². The van der Waals surface area contributed by atoms with Crippen LogP contribution in [-0.4, -0.2) is 43.5 Å². The zero-order valence-electron chi connectivity index (χ0n) is 10.4. The van der Waals surface area contributed by atoms with Crippen molar-refractivity contribution in [3.63, 3.8) is 0 Å². The number of nitrogens with one attached hydrogen (secondary N) is 2. The summed E-state index contributed by atoms with van der Waals surface area (Å²) in [6.45, 7) is 1.47. The molecule has 2 rings (SSSR count). The molecule has 8 heteroatoms. The van der Waals surface area contributed by atoms with Crippen molar-refractivity contribution in [1.29, 1.82) is 0 Å². The van der Waals surface area contributed by atoms with E-state index in [1.165, 1.54) is 6.20 Å². The van der Waals surface area contributed by atoms with E-state index in [9.17, 15) is 9.59 Å². The van der Waals surface area contributed by atoms with E-state index in [2.05, 4.69) is 21.2 Å². The largest absolute Gasteiger partial charge is 0.587 e. The van der Waals surface area contributed by atoms with Crippen LogP contribution in [0.15, 0.2) is 18.5 Å². The van der Waals surface area contributed by atoms with E-state index in [1.54, 1.807) is 19.3 Å². The van der Waals surface area contributed by atoms with Gasteiger partial charge in [0.1, 0.15) is 0 Å². The number of pyridine rings is 1. The van der Waals surface area contributed by atoms with Crippen LogP contribution in [0.4, 0.5) is 5.69 Å². The quantitative estimate of drug-likeness (QED) is 0.639. The zero-order chi connectivity index (χ0) is 13.0. The van der Waals surface area contributed by atoms with Crippen LogP contribution in [-0.2, 0) is 25.9 Å². The van der Waals surface area contributed by atoms with Gasteiger partial charge in [0.2, 0.25) is 5.91 Å². The first-order valence-corrected chi connectivity index (χ1v) is 5.60. The van der Waals surface area contributed by atoms with Crippen molar-refractivity contribution in [3.05, 3.63) is 29.4 Å². The first-order chi connectivity index (χ1) is 8.72. The average Bonchev–Trinajstić information content (AvgIpc) is 2.39. The van der Waals surface area contributed by atoms with E-state index in [-0.39, 0.29) is 33.5 Å². The Morgan fingerprint density at radius 1 is 1.58 bits per heavy atom. The summed E-state index contributed by atoms with van der Waals surface area (Å²) in [6.07, 6.45) is 3.06. The third kappa shape index (κ3) is 3.75. The third-order valence-corrected chi connectivity index (χ3v) is 2.62. The first kappa shape index (κ1) is 15.6. The molecule has 0 aromatic carbocycles. The van der Waals surface area contributed by atoms with Gasteiger partial charge in [-0.2, -0.15) is 0 Å². The number of carbonyl (C=O) groups is 2. The van der Waals surface area contributed by atoms with Crippen molar-refractivity contribution in [2.45, 2.75) is 0 Å². The first-order valence-electron chi connectivity index (χ1n) is 5.60. The minimum Gasteiger partial charge on any atom is -0.587 e. The fourth-order valence-corrected chi connectivity index (χ4v) is 1.83. The Hall–Kier alpha value is -1.46. The predicted molar refractivity (Wildman–Crippen MR) is 66.2 cm³/mol. The molecule has 0 bridgehead atoms. The van der Waals surface area contributed by atoms with Gasteiger partial charge in [-0.25, -0.2) is 0 Å². The Balaban J connectivity index is 0.00000180. The molecule has 2 N–H and O–H groups in total. The number of anilines is 1. The Morgan fingerprint density at radius 2 is 2.37 bits per heavy atom. The summed E-state index contributed by atoms with van der Waals surface area (Å²) in [4.78, 5) is 28.9. The summed E-state index contributed by atoms with van der Waals surface area (Å²) in [6, 6.07) is 1.72. The molecule has 1 fully saturated rings. The molecule has 0 aliphatic carbocycles. The number of hydrogen-bond donors (Lipinski definition) is 2. The Bertz CT molecular complexity index is 468. The number of carbonyl (C=O) groups excluding carboxylic acids is 2. The summed E-state index contributed by atoms with van der Waals surface area (Å²) in [5.74, 6) is -0.450. The summed E-state index contributed by atoms with van der Waals surface area (Å²) in [5.41, 5.74) is 7.14. The normalized spacial score (nSPS) is 14.4. The number of rotatable bonds is 3. The monoisotopic (exact) mass is 432 g/mol. The summed E-state index contributed by atoms with van der Waals surface area (Å²) >= 11 is 0. The van der Waals surface area contributed by atoms with Crippen LogP contribution in [0.2, 0.25) is 0 Å². The Kier molecular flexibility index (Phi) is 5.92. The van der Waals surface area contributed by atoms with Crippen molar-refractivity contribution in [3.8, 4) is 0 Å². The minimum atomic E-state index is -0.397. The number of aromatic nitrogens is 1. The van der Waals surface area contributed by atoms with E-state index in [1.807, 2.05) is 4.90 Å². The van der Waals surface area contributed by atoms with E-state index in [4.69, 9.17) is 0 Å². The van der Waals surface area contributed by atoms with Gasteiger partial charge in [0.25, 0.3) is 0 Å². The second-order valence-corrected chi connectivity index (χ2v) is 3.80. The SMILES string of the molecule is CN[N-]C(=O)c1cnccc1N1CCNC(=O)C1.[W]. The van der Waals surface area contributed by atoms with E-state index in [0.717, 1.165) is 0 Å². The number of amides is 2. The molecule has 0 unspecified atom stereocenters. The molecule has 0 radical (unpaired) electrons. The second-order valence-electron chi connectivity index (χ2n) is 3.80. The maximum Gasteiger partial charge on any atom is 0.239 e. The van der Waals surface area contributed by atoms with Crippen LogP contribution in [0.1, 0.15) is 10.4 Å². The van der Waals surface area contributed by atoms with Crippen LogP contribution in [0.5, 0.6) is 0 Å². The van der Waals surface area contributed by atoms with Gasteiger partial charge < -0.3 is 25.9 Å². The predicted octanol–water partition coefficient (Wildman–Crippen LogP) is -0.336. The number of nitrogens with zero attached hydrogens (tertiary/aromatic N) is 3. The van der Waals surface area contributed by atoms with Crippen LogP contribution in [0.25, 0.3) is 5.43 Å². The summed E-state index contributed by atoms with van der Waals surface area (Å²) in [5, 5.41) is 2.74. The molecule has 102 valence electrons. The standard InChI is InChI=1S/C11H15N5O2.W/c1-12-15-11(18)8-6-13-3-2-9(8)16-5-4-14-10(17)7-16;/h2-3,6,12H,4-5,7H2,1H3,(H2,14,15,17,18);/p-1. The molecule has 0 atom stereocenters. The molecule has 7 nitrogen and oxygen atoms in total. The van der Waals surface area contributed by atoms with Gasteiger partial charge in [-0.1, -0.05) is 0 Å². The molecule has 0 spiro atoms. The van der Waals surface area contributed by atoms with Crippen molar-refractivity contribution in [2.24, 2.45) is 0 Å². The molecule has 2 amide bonds.